The summed E-state index contributed by atoms with van der Waals surface area (Å²) in [5.41, 5.74) is 4.97. The van der Waals surface area contributed by atoms with E-state index in [-0.39, 0.29) is 50.2 Å². The van der Waals surface area contributed by atoms with Crippen LogP contribution in [0, 0.1) is 10.1 Å². The van der Waals surface area contributed by atoms with E-state index in [1.807, 2.05) is 0 Å². The minimum Gasteiger partial charge on any atom is -0.398 e. The smallest absolute Gasteiger partial charge is 0.398 e. The standard InChI is InChI=1S/C18H17F3N4O3.ClH/c19-18(20,21)12-5-6-15(16(11-12)25(27)28)23-7-9-24(10-8-23)17(26)13-3-1-2-4-14(13)22;/h1-6,11H,7-10,22H2;1H. The van der Waals surface area contributed by atoms with Gasteiger partial charge in [0.15, 0.2) is 0 Å². The minimum atomic E-state index is -4.66. The molecule has 0 saturated carbocycles. The number of piperazine rings is 1. The Bertz CT molecular complexity index is 915. The molecular weight excluding hydrogens is 413 g/mol. The Labute approximate surface area is 170 Å². The van der Waals surface area contributed by atoms with Crippen LogP contribution in [-0.4, -0.2) is 41.9 Å². The van der Waals surface area contributed by atoms with Crippen LogP contribution in [0.1, 0.15) is 15.9 Å². The van der Waals surface area contributed by atoms with Crippen molar-refractivity contribution in [2.75, 3.05) is 36.8 Å². The van der Waals surface area contributed by atoms with E-state index in [0.717, 1.165) is 12.1 Å². The highest BCUT2D eigenvalue weighted by Crippen LogP contribution is 2.36. The summed E-state index contributed by atoms with van der Waals surface area (Å²) in [5, 5.41) is 11.3. The highest BCUT2D eigenvalue weighted by Gasteiger charge is 2.34. The molecule has 1 amide bonds. The molecule has 1 fully saturated rings. The van der Waals surface area contributed by atoms with Gasteiger partial charge in [0.05, 0.1) is 16.1 Å². The second kappa shape index (κ2) is 8.56. The summed E-state index contributed by atoms with van der Waals surface area (Å²) in [7, 11) is 0. The normalized spacial score (nSPS) is 14.3. The third-order valence-electron chi connectivity index (χ3n) is 4.60. The first kappa shape index (κ1) is 22.3. The molecule has 2 N–H and O–H groups in total. The van der Waals surface area contributed by atoms with Crippen molar-refractivity contribution < 1.29 is 22.9 Å². The lowest BCUT2D eigenvalue weighted by atomic mass is 10.1. The molecule has 1 aliphatic rings. The lowest BCUT2D eigenvalue weighted by Crippen LogP contribution is -2.49. The van der Waals surface area contributed by atoms with Gasteiger partial charge >= 0.3 is 6.18 Å². The molecule has 0 atom stereocenters. The van der Waals surface area contributed by atoms with Gasteiger partial charge in [-0.2, -0.15) is 13.2 Å². The maximum atomic E-state index is 12.8. The van der Waals surface area contributed by atoms with Gasteiger partial charge in [0.25, 0.3) is 11.6 Å². The van der Waals surface area contributed by atoms with Gasteiger partial charge in [-0.1, -0.05) is 12.1 Å². The Balaban J connectivity index is 0.00000300. The Kier molecular flexibility index (Phi) is 6.58. The maximum Gasteiger partial charge on any atom is 0.416 e. The lowest BCUT2D eigenvalue weighted by Gasteiger charge is -2.36. The molecule has 3 rings (SSSR count). The van der Waals surface area contributed by atoms with Crippen LogP contribution in [0.25, 0.3) is 0 Å². The van der Waals surface area contributed by atoms with Gasteiger partial charge in [-0.25, -0.2) is 0 Å². The van der Waals surface area contributed by atoms with Crippen LogP contribution in [-0.2, 0) is 6.18 Å². The van der Waals surface area contributed by atoms with E-state index >= 15 is 0 Å². The number of nitrogens with two attached hydrogens (primary N) is 1. The number of hydrogen-bond acceptors (Lipinski definition) is 5. The molecule has 29 heavy (non-hydrogen) atoms. The fourth-order valence-electron chi connectivity index (χ4n) is 3.13. The number of nitro groups is 1. The molecule has 1 heterocycles. The first-order chi connectivity index (χ1) is 13.2. The highest BCUT2D eigenvalue weighted by molar-refractivity contribution is 5.99. The van der Waals surface area contributed by atoms with E-state index < -0.39 is 22.4 Å². The van der Waals surface area contributed by atoms with Crippen LogP contribution in [0.15, 0.2) is 42.5 Å². The van der Waals surface area contributed by atoms with Crippen LogP contribution in [0.3, 0.4) is 0 Å². The van der Waals surface area contributed by atoms with Crippen molar-refractivity contribution in [1.29, 1.82) is 0 Å². The van der Waals surface area contributed by atoms with E-state index in [1.165, 1.54) is 0 Å². The first-order valence-corrected chi connectivity index (χ1v) is 8.43. The van der Waals surface area contributed by atoms with Gasteiger partial charge in [0, 0.05) is 37.9 Å². The van der Waals surface area contributed by atoms with Gasteiger partial charge < -0.3 is 15.5 Å². The monoisotopic (exact) mass is 430 g/mol. The number of benzene rings is 2. The van der Waals surface area contributed by atoms with Gasteiger partial charge in [0.1, 0.15) is 5.69 Å². The number of nitrogen functional groups attached to an aromatic ring is 1. The Hall–Kier alpha value is -3.01. The molecule has 0 radical (unpaired) electrons. The number of carbonyl (C=O) groups excluding carboxylic acids is 1. The molecule has 0 unspecified atom stereocenters. The molecule has 2 aromatic rings. The molecule has 1 saturated heterocycles. The molecular formula is C18H18ClF3N4O3. The first-order valence-electron chi connectivity index (χ1n) is 8.43. The molecule has 0 aliphatic carbocycles. The van der Waals surface area contributed by atoms with E-state index in [1.54, 1.807) is 34.1 Å². The Morgan fingerprint density at radius 2 is 1.69 bits per heavy atom. The summed E-state index contributed by atoms with van der Waals surface area (Å²) in [4.78, 5) is 26.2. The molecule has 0 bridgehead atoms. The summed E-state index contributed by atoms with van der Waals surface area (Å²) >= 11 is 0. The number of alkyl halides is 3. The molecule has 2 aromatic carbocycles. The molecule has 0 aromatic heterocycles. The molecule has 11 heteroatoms. The van der Waals surface area contributed by atoms with Gasteiger partial charge in [-0.3, -0.25) is 14.9 Å². The summed E-state index contributed by atoms with van der Waals surface area (Å²) in [6, 6.07) is 9.12. The summed E-state index contributed by atoms with van der Waals surface area (Å²) < 4.78 is 38.5. The van der Waals surface area contributed by atoms with Crippen LogP contribution in [0.2, 0.25) is 0 Å². The van der Waals surface area contributed by atoms with Gasteiger partial charge in [-0.05, 0) is 24.3 Å². The summed E-state index contributed by atoms with van der Waals surface area (Å²) in [6.07, 6.45) is -4.66. The van der Waals surface area contributed by atoms with Crippen molar-refractivity contribution in [1.82, 2.24) is 4.90 Å². The van der Waals surface area contributed by atoms with Crippen molar-refractivity contribution in [3.05, 3.63) is 63.7 Å². The van der Waals surface area contributed by atoms with Crippen molar-refractivity contribution in [3.63, 3.8) is 0 Å². The molecule has 7 nitrogen and oxygen atoms in total. The predicted molar refractivity (Wildman–Crippen MR) is 104 cm³/mol. The minimum absolute atomic E-state index is 0. The number of anilines is 2. The predicted octanol–water partition coefficient (Wildman–Crippen LogP) is 3.58. The van der Waals surface area contributed by atoms with Crippen LogP contribution in [0.4, 0.5) is 30.2 Å². The average Bonchev–Trinajstić information content (AvgIpc) is 2.67. The third kappa shape index (κ3) is 4.70. The molecule has 0 spiro atoms. The number of amides is 1. The van der Waals surface area contributed by atoms with Crippen LogP contribution in [0.5, 0.6) is 0 Å². The number of carbonyl (C=O) groups is 1. The number of hydrogen-bond donors (Lipinski definition) is 1. The fourth-order valence-corrected chi connectivity index (χ4v) is 3.13. The number of nitrogens with zero attached hydrogens (tertiary/aromatic N) is 3. The zero-order chi connectivity index (χ0) is 20.5. The van der Waals surface area contributed by atoms with Gasteiger partial charge in [0.2, 0.25) is 0 Å². The van der Waals surface area contributed by atoms with Crippen molar-refractivity contribution >= 4 is 35.4 Å². The fraction of sp³-hybridized carbons (Fsp3) is 0.278. The highest BCUT2D eigenvalue weighted by atomic mass is 35.5. The maximum absolute atomic E-state index is 12.8. The van der Waals surface area contributed by atoms with Crippen LogP contribution >= 0.6 is 12.4 Å². The van der Waals surface area contributed by atoms with E-state index in [2.05, 4.69) is 0 Å². The number of para-hydroxylation sites is 1. The van der Waals surface area contributed by atoms with Crippen molar-refractivity contribution in [2.45, 2.75) is 6.18 Å². The van der Waals surface area contributed by atoms with E-state index in [0.29, 0.717) is 17.3 Å². The molecule has 1 aliphatic heterocycles. The topological polar surface area (TPSA) is 92.7 Å². The number of rotatable bonds is 3. The van der Waals surface area contributed by atoms with E-state index in [4.69, 9.17) is 5.73 Å². The zero-order valence-corrected chi connectivity index (χ0v) is 15.9. The van der Waals surface area contributed by atoms with Gasteiger partial charge in [-0.15, -0.1) is 12.4 Å². The number of nitro benzene ring substituents is 1. The lowest BCUT2D eigenvalue weighted by molar-refractivity contribution is -0.384. The van der Waals surface area contributed by atoms with Crippen molar-refractivity contribution in [2.24, 2.45) is 0 Å². The Morgan fingerprint density at radius 3 is 2.24 bits per heavy atom. The number of halogens is 4. The zero-order valence-electron chi connectivity index (χ0n) is 15.1. The SMILES string of the molecule is Cl.Nc1ccccc1C(=O)N1CCN(c2ccc(C(F)(F)F)cc2[N+](=O)[O-])CC1. The van der Waals surface area contributed by atoms with Crippen molar-refractivity contribution in [3.8, 4) is 0 Å². The average molecular weight is 431 g/mol. The largest absolute Gasteiger partial charge is 0.416 e. The van der Waals surface area contributed by atoms with Crippen LogP contribution < -0.4 is 10.6 Å². The Morgan fingerprint density at radius 1 is 1.07 bits per heavy atom. The third-order valence-corrected chi connectivity index (χ3v) is 4.60. The molecule has 156 valence electrons. The second-order valence-corrected chi connectivity index (χ2v) is 6.32. The van der Waals surface area contributed by atoms with E-state index in [9.17, 15) is 28.1 Å². The summed E-state index contributed by atoms with van der Waals surface area (Å²) in [6.45, 7) is 1.05. The summed E-state index contributed by atoms with van der Waals surface area (Å²) in [5.74, 6) is -0.250. The second-order valence-electron chi connectivity index (χ2n) is 6.32. The quantitative estimate of drug-likeness (QED) is 0.456.